The van der Waals surface area contributed by atoms with Crippen LogP contribution in [0.2, 0.25) is 0 Å². The zero-order valence-electron chi connectivity index (χ0n) is 10.8. The van der Waals surface area contributed by atoms with E-state index < -0.39 is 6.10 Å². The van der Waals surface area contributed by atoms with Gasteiger partial charge in [0.25, 0.3) is 0 Å². The maximum atomic E-state index is 9.94. The number of benzene rings is 1. The molecule has 3 heteroatoms. The first-order valence-electron chi connectivity index (χ1n) is 6.23. The lowest BCUT2D eigenvalue weighted by Gasteiger charge is -2.24. The topological polar surface area (TPSA) is 32.7 Å². The Kier molecular flexibility index (Phi) is 3.57. The SMILES string of the molecule is COc1cccc(N2CCC(C)C2)c1[C@@H](C)O. The standard InChI is InChI=1S/C14H21NO2/c1-10-7-8-15(9-10)12-5-4-6-13(17-3)14(12)11(2)16/h4-6,10-11,16H,7-9H2,1-3H3/t10?,11-/m1/s1. The van der Waals surface area contributed by atoms with Gasteiger partial charge in [0.2, 0.25) is 0 Å². The monoisotopic (exact) mass is 235 g/mol. The molecule has 1 aromatic carbocycles. The quantitative estimate of drug-likeness (QED) is 0.874. The zero-order valence-corrected chi connectivity index (χ0v) is 10.8. The van der Waals surface area contributed by atoms with Crippen molar-refractivity contribution in [2.75, 3.05) is 25.1 Å². The van der Waals surface area contributed by atoms with Crippen molar-refractivity contribution in [3.63, 3.8) is 0 Å². The number of hydrogen-bond acceptors (Lipinski definition) is 3. The number of nitrogens with zero attached hydrogens (tertiary/aromatic N) is 1. The van der Waals surface area contributed by atoms with Gasteiger partial charge in [-0.25, -0.2) is 0 Å². The minimum atomic E-state index is -0.503. The van der Waals surface area contributed by atoms with Crippen LogP contribution in [-0.4, -0.2) is 25.3 Å². The highest BCUT2D eigenvalue weighted by atomic mass is 16.5. The molecule has 17 heavy (non-hydrogen) atoms. The second-order valence-electron chi connectivity index (χ2n) is 4.91. The van der Waals surface area contributed by atoms with Gasteiger partial charge in [-0.1, -0.05) is 13.0 Å². The lowest BCUT2D eigenvalue weighted by Crippen LogP contribution is -2.21. The van der Waals surface area contributed by atoms with Crippen LogP contribution >= 0.6 is 0 Å². The van der Waals surface area contributed by atoms with Crippen LogP contribution in [0.1, 0.15) is 31.9 Å². The first-order chi connectivity index (χ1) is 8.13. The number of methoxy groups -OCH3 is 1. The van der Waals surface area contributed by atoms with Gasteiger partial charge in [-0.3, -0.25) is 0 Å². The highest BCUT2D eigenvalue weighted by molar-refractivity contribution is 5.60. The van der Waals surface area contributed by atoms with Gasteiger partial charge in [0, 0.05) is 24.3 Å². The summed E-state index contributed by atoms with van der Waals surface area (Å²) >= 11 is 0. The van der Waals surface area contributed by atoms with Crippen molar-refractivity contribution < 1.29 is 9.84 Å². The molecule has 94 valence electrons. The predicted molar refractivity (Wildman–Crippen MR) is 69.6 cm³/mol. The molecule has 0 amide bonds. The van der Waals surface area contributed by atoms with Gasteiger partial charge in [0.1, 0.15) is 5.75 Å². The van der Waals surface area contributed by atoms with E-state index >= 15 is 0 Å². The molecule has 2 rings (SSSR count). The third-order valence-electron chi connectivity index (χ3n) is 3.45. The van der Waals surface area contributed by atoms with E-state index in [2.05, 4.69) is 17.9 Å². The molecule has 1 unspecified atom stereocenters. The first-order valence-corrected chi connectivity index (χ1v) is 6.23. The van der Waals surface area contributed by atoms with E-state index in [1.54, 1.807) is 14.0 Å². The van der Waals surface area contributed by atoms with Gasteiger partial charge in [-0.05, 0) is 31.4 Å². The second kappa shape index (κ2) is 4.96. The van der Waals surface area contributed by atoms with E-state index in [0.29, 0.717) is 0 Å². The van der Waals surface area contributed by atoms with Gasteiger partial charge >= 0.3 is 0 Å². The van der Waals surface area contributed by atoms with Crippen molar-refractivity contribution in [2.24, 2.45) is 5.92 Å². The number of rotatable bonds is 3. The second-order valence-corrected chi connectivity index (χ2v) is 4.91. The molecule has 0 spiro atoms. The van der Waals surface area contributed by atoms with Crippen LogP contribution < -0.4 is 9.64 Å². The Hall–Kier alpha value is -1.22. The Morgan fingerprint density at radius 3 is 2.76 bits per heavy atom. The fourth-order valence-electron chi connectivity index (χ4n) is 2.56. The summed E-state index contributed by atoms with van der Waals surface area (Å²) in [6.45, 7) is 6.18. The third kappa shape index (κ3) is 2.39. The molecule has 1 fully saturated rings. The largest absolute Gasteiger partial charge is 0.496 e. The normalized spacial score (nSPS) is 21.6. The van der Waals surface area contributed by atoms with Crippen molar-refractivity contribution in [3.8, 4) is 5.75 Å². The minimum absolute atomic E-state index is 0.503. The molecule has 3 nitrogen and oxygen atoms in total. The average molecular weight is 235 g/mol. The van der Waals surface area contributed by atoms with Gasteiger partial charge < -0.3 is 14.7 Å². The number of aliphatic hydroxyl groups excluding tert-OH is 1. The lowest BCUT2D eigenvalue weighted by atomic mass is 10.1. The molecule has 1 saturated heterocycles. The lowest BCUT2D eigenvalue weighted by molar-refractivity contribution is 0.194. The van der Waals surface area contributed by atoms with Gasteiger partial charge in [-0.15, -0.1) is 0 Å². The van der Waals surface area contributed by atoms with Crippen molar-refractivity contribution in [2.45, 2.75) is 26.4 Å². The van der Waals surface area contributed by atoms with Crippen LogP contribution in [-0.2, 0) is 0 Å². The van der Waals surface area contributed by atoms with Crippen molar-refractivity contribution >= 4 is 5.69 Å². The molecule has 1 N–H and O–H groups in total. The Labute approximate surface area is 103 Å². The average Bonchev–Trinajstić information content (AvgIpc) is 2.74. The fourth-order valence-corrected chi connectivity index (χ4v) is 2.56. The molecule has 0 aromatic heterocycles. The highest BCUT2D eigenvalue weighted by Crippen LogP contribution is 2.36. The van der Waals surface area contributed by atoms with E-state index in [1.807, 2.05) is 12.1 Å². The predicted octanol–water partition coefficient (Wildman–Crippen LogP) is 2.59. The molecule has 1 heterocycles. The van der Waals surface area contributed by atoms with Crippen LogP contribution in [0.25, 0.3) is 0 Å². The smallest absolute Gasteiger partial charge is 0.126 e. The molecule has 1 aliphatic heterocycles. The number of aliphatic hydroxyl groups is 1. The number of ether oxygens (including phenoxy) is 1. The van der Waals surface area contributed by atoms with Gasteiger partial charge in [-0.2, -0.15) is 0 Å². The van der Waals surface area contributed by atoms with Crippen molar-refractivity contribution in [1.29, 1.82) is 0 Å². The van der Waals surface area contributed by atoms with E-state index in [4.69, 9.17) is 4.74 Å². The Bertz CT molecular complexity index is 390. The summed E-state index contributed by atoms with van der Waals surface area (Å²) in [4.78, 5) is 2.34. The summed E-state index contributed by atoms with van der Waals surface area (Å²) in [5.41, 5.74) is 2.02. The van der Waals surface area contributed by atoms with E-state index in [1.165, 1.54) is 6.42 Å². The molecule has 1 aromatic rings. The number of hydrogen-bond donors (Lipinski definition) is 1. The van der Waals surface area contributed by atoms with Crippen LogP contribution in [0.15, 0.2) is 18.2 Å². The Balaban J connectivity index is 2.39. The maximum absolute atomic E-state index is 9.94. The summed E-state index contributed by atoms with van der Waals surface area (Å²) in [5, 5.41) is 9.94. The summed E-state index contributed by atoms with van der Waals surface area (Å²) in [6, 6.07) is 5.97. The van der Waals surface area contributed by atoms with Crippen molar-refractivity contribution in [1.82, 2.24) is 0 Å². The number of anilines is 1. The van der Waals surface area contributed by atoms with Gasteiger partial charge in [0.15, 0.2) is 0 Å². The molecule has 0 bridgehead atoms. The molecule has 0 saturated carbocycles. The van der Waals surface area contributed by atoms with Gasteiger partial charge in [0.05, 0.1) is 13.2 Å². The highest BCUT2D eigenvalue weighted by Gasteiger charge is 2.24. The van der Waals surface area contributed by atoms with Crippen LogP contribution in [0.4, 0.5) is 5.69 Å². The van der Waals surface area contributed by atoms with Crippen LogP contribution in [0.5, 0.6) is 5.75 Å². The molecular weight excluding hydrogens is 214 g/mol. The zero-order chi connectivity index (χ0) is 12.4. The summed E-state index contributed by atoms with van der Waals surface area (Å²) in [5.74, 6) is 1.50. The minimum Gasteiger partial charge on any atom is -0.496 e. The molecule has 2 atom stereocenters. The molecular formula is C14H21NO2. The summed E-state index contributed by atoms with van der Waals surface area (Å²) < 4.78 is 5.35. The Morgan fingerprint density at radius 1 is 1.47 bits per heavy atom. The molecule has 1 aliphatic rings. The third-order valence-corrected chi connectivity index (χ3v) is 3.45. The summed E-state index contributed by atoms with van der Waals surface area (Å²) in [7, 11) is 1.65. The molecule has 0 aliphatic carbocycles. The maximum Gasteiger partial charge on any atom is 0.126 e. The summed E-state index contributed by atoms with van der Waals surface area (Å²) in [6.07, 6.45) is 0.716. The van der Waals surface area contributed by atoms with E-state index in [9.17, 15) is 5.11 Å². The van der Waals surface area contributed by atoms with E-state index in [0.717, 1.165) is 36.0 Å². The fraction of sp³-hybridized carbons (Fsp3) is 0.571. The van der Waals surface area contributed by atoms with E-state index in [-0.39, 0.29) is 0 Å². The van der Waals surface area contributed by atoms with Crippen LogP contribution in [0, 0.1) is 5.92 Å². The van der Waals surface area contributed by atoms with Crippen molar-refractivity contribution in [3.05, 3.63) is 23.8 Å². The first kappa shape index (κ1) is 12.2. The van der Waals surface area contributed by atoms with Crippen LogP contribution in [0.3, 0.4) is 0 Å². The Morgan fingerprint density at radius 2 is 2.24 bits per heavy atom. The molecule has 0 radical (unpaired) electrons.